The molecule has 0 aliphatic heterocycles. The first-order chi connectivity index (χ1) is 14.2. The molecule has 0 saturated heterocycles. The highest BCUT2D eigenvalue weighted by Crippen LogP contribution is 2.18. The van der Waals surface area contributed by atoms with Crippen molar-refractivity contribution in [3.63, 3.8) is 0 Å². The van der Waals surface area contributed by atoms with Crippen molar-refractivity contribution in [3.8, 4) is 17.6 Å². The standard InChI is InChI=1S/C19H23NO3S.C2H2O4/c1-19(20,14-21)12-11-17-6-5-16(23-17)4-3-13-22-15-7-9-18(24-2)10-8-15;3-1(4)2(5)6/h5-10,21H,11-14,20H2,1-2H3;(H,3,4)(H,5,6)/t19-;/m1./s1. The Bertz CT molecular complexity index is 867. The predicted molar refractivity (Wildman–Crippen MR) is 113 cm³/mol. The number of hydrogen-bond acceptors (Lipinski definition) is 7. The van der Waals surface area contributed by atoms with Crippen LogP contribution in [0, 0.1) is 11.8 Å². The van der Waals surface area contributed by atoms with Crippen molar-refractivity contribution in [1.82, 2.24) is 0 Å². The van der Waals surface area contributed by atoms with Crippen molar-refractivity contribution in [2.45, 2.75) is 30.2 Å². The van der Waals surface area contributed by atoms with Crippen molar-refractivity contribution in [3.05, 3.63) is 47.9 Å². The van der Waals surface area contributed by atoms with Crippen LogP contribution in [0.3, 0.4) is 0 Å². The summed E-state index contributed by atoms with van der Waals surface area (Å²) in [5.41, 5.74) is 5.32. The minimum atomic E-state index is -1.82. The largest absolute Gasteiger partial charge is 0.481 e. The molecule has 0 amide bonds. The number of nitrogens with two attached hydrogens (primary N) is 1. The summed E-state index contributed by atoms with van der Waals surface area (Å²) in [7, 11) is 0. The van der Waals surface area contributed by atoms with Crippen molar-refractivity contribution < 1.29 is 34.1 Å². The van der Waals surface area contributed by atoms with Gasteiger partial charge < -0.3 is 30.2 Å². The number of aliphatic hydroxyl groups is 1. The molecule has 0 radical (unpaired) electrons. The molecule has 0 aliphatic rings. The third-order valence-electron chi connectivity index (χ3n) is 3.73. The van der Waals surface area contributed by atoms with Crippen LogP contribution in [-0.4, -0.2) is 52.3 Å². The van der Waals surface area contributed by atoms with Gasteiger partial charge in [-0.2, -0.15) is 0 Å². The van der Waals surface area contributed by atoms with Crippen LogP contribution in [0.5, 0.6) is 5.75 Å². The summed E-state index contributed by atoms with van der Waals surface area (Å²) in [5, 5.41) is 23.9. The quantitative estimate of drug-likeness (QED) is 0.292. The summed E-state index contributed by atoms with van der Waals surface area (Å²) >= 11 is 1.69. The lowest BCUT2D eigenvalue weighted by molar-refractivity contribution is -0.159. The zero-order valence-electron chi connectivity index (χ0n) is 16.8. The second kappa shape index (κ2) is 12.6. The van der Waals surface area contributed by atoms with E-state index < -0.39 is 17.5 Å². The zero-order chi connectivity index (χ0) is 22.6. The third-order valence-corrected chi connectivity index (χ3v) is 4.47. The molecule has 1 atom stereocenters. The van der Waals surface area contributed by atoms with Crippen LogP contribution in [0.2, 0.25) is 0 Å². The van der Waals surface area contributed by atoms with Gasteiger partial charge in [-0.3, -0.25) is 0 Å². The minimum Gasteiger partial charge on any atom is -0.481 e. The number of aryl methyl sites for hydroxylation is 1. The normalized spacial score (nSPS) is 11.9. The van der Waals surface area contributed by atoms with Gasteiger partial charge in [0.05, 0.1) is 6.61 Å². The molecular weight excluding hydrogens is 410 g/mol. The van der Waals surface area contributed by atoms with Gasteiger partial charge in [0, 0.05) is 16.9 Å². The second-order valence-electron chi connectivity index (χ2n) is 6.45. The van der Waals surface area contributed by atoms with Crippen molar-refractivity contribution in [2.75, 3.05) is 19.5 Å². The molecule has 0 unspecified atom stereocenters. The number of hydrogen-bond donors (Lipinski definition) is 4. The van der Waals surface area contributed by atoms with Crippen LogP contribution in [-0.2, 0) is 16.0 Å². The van der Waals surface area contributed by atoms with Gasteiger partial charge in [0.25, 0.3) is 0 Å². The Balaban J connectivity index is 0.000000656. The summed E-state index contributed by atoms with van der Waals surface area (Å²) in [5.74, 6) is 4.46. The molecular formula is C21H25NO7S. The van der Waals surface area contributed by atoms with Gasteiger partial charge in [0.1, 0.15) is 18.1 Å². The van der Waals surface area contributed by atoms with Crippen molar-refractivity contribution >= 4 is 23.7 Å². The molecule has 30 heavy (non-hydrogen) atoms. The van der Waals surface area contributed by atoms with E-state index >= 15 is 0 Å². The smallest absolute Gasteiger partial charge is 0.414 e. The number of aliphatic carboxylic acids is 2. The van der Waals surface area contributed by atoms with E-state index in [9.17, 15) is 0 Å². The molecule has 2 rings (SSSR count). The van der Waals surface area contributed by atoms with Gasteiger partial charge in [-0.25, -0.2) is 9.59 Å². The highest BCUT2D eigenvalue weighted by Gasteiger charge is 2.17. The Labute approximate surface area is 179 Å². The molecule has 162 valence electrons. The first kappa shape index (κ1) is 25.1. The number of ether oxygens (including phenoxy) is 1. The average Bonchev–Trinajstić information content (AvgIpc) is 3.18. The summed E-state index contributed by atoms with van der Waals surface area (Å²) in [6.45, 7) is 2.08. The van der Waals surface area contributed by atoms with Crippen LogP contribution >= 0.6 is 11.8 Å². The van der Waals surface area contributed by atoms with Gasteiger partial charge in [-0.1, -0.05) is 5.92 Å². The van der Waals surface area contributed by atoms with Crippen LogP contribution in [0.25, 0.3) is 0 Å². The molecule has 1 aromatic heterocycles. The number of carbonyl (C=O) groups is 2. The topological polar surface area (TPSA) is 143 Å². The molecule has 0 saturated carbocycles. The van der Waals surface area contributed by atoms with E-state index in [1.807, 2.05) is 49.6 Å². The molecule has 0 bridgehead atoms. The van der Waals surface area contributed by atoms with Gasteiger partial charge >= 0.3 is 11.9 Å². The fourth-order valence-electron chi connectivity index (χ4n) is 1.98. The first-order valence-corrected chi connectivity index (χ1v) is 10.1. The molecule has 0 fully saturated rings. The molecule has 0 aliphatic carbocycles. The lowest BCUT2D eigenvalue weighted by Gasteiger charge is -2.20. The lowest BCUT2D eigenvalue weighted by atomic mass is 9.98. The summed E-state index contributed by atoms with van der Waals surface area (Å²) in [4.78, 5) is 19.4. The molecule has 1 aromatic carbocycles. The number of aliphatic hydroxyl groups excluding tert-OH is 1. The number of thioether (sulfide) groups is 1. The van der Waals surface area contributed by atoms with Gasteiger partial charge in [0.2, 0.25) is 0 Å². The average molecular weight is 435 g/mol. The van der Waals surface area contributed by atoms with E-state index in [4.69, 9.17) is 39.8 Å². The number of carboxylic acid groups (broad SMARTS) is 2. The fraction of sp³-hybridized carbons (Fsp3) is 0.333. The fourth-order valence-corrected chi connectivity index (χ4v) is 2.39. The summed E-state index contributed by atoms with van der Waals surface area (Å²) in [6.07, 6.45) is 3.36. The third kappa shape index (κ3) is 10.0. The van der Waals surface area contributed by atoms with Gasteiger partial charge in [-0.15, -0.1) is 11.8 Å². The number of rotatable bonds is 7. The maximum Gasteiger partial charge on any atom is 0.414 e. The number of furan rings is 1. The lowest BCUT2D eigenvalue weighted by Crippen LogP contribution is -2.40. The Kier molecular flexibility index (Phi) is 10.5. The Morgan fingerprint density at radius 1 is 1.17 bits per heavy atom. The first-order valence-electron chi connectivity index (χ1n) is 8.87. The maximum atomic E-state index is 9.15. The molecule has 8 nitrogen and oxygen atoms in total. The Morgan fingerprint density at radius 2 is 1.80 bits per heavy atom. The van der Waals surface area contributed by atoms with Crippen LogP contribution < -0.4 is 10.5 Å². The molecule has 1 heterocycles. The highest BCUT2D eigenvalue weighted by molar-refractivity contribution is 7.98. The highest BCUT2D eigenvalue weighted by atomic mass is 32.2. The number of benzene rings is 1. The van der Waals surface area contributed by atoms with Crippen LogP contribution in [0.15, 0.2) is 45.7 Å². The Hall–Kier alpha value is -2.93. The second-order valence-corrected chi connectivity index (χ2v) is 7.33. The minimum absolute atomic E-state index is 0.0460. The van der Waals surface area contributed by atoms with Gasteiger partial charge in [-0.05, 0) is 61.9 Å². The molecule has 0 spiro atoms. The maximum absolute atomic E-state index is 9.15. The van der Waals surface area contributed by atoms with Crippen molar-refractivity contribution in [2.24, 2.45) is 5.73 Å². The molecule has 9 heteroatoms. The van der Waals surface area contributed by atoms with Gasteiger partial charge in [0.15, 0.2) is 5.76 Å². The zero-order valence-corrected chi connectivity index (χ0v) is 17.6. The molecule has 5 N–H and O–H groups in total. The predicted octanol–water partition coefficient (Wildman–Crippen LogP) is 2.23. The van der Waals surface area contributed by atoms with Crippen LogP contribution in [0.1, 0.15) is 24.9 Å². The van der Waals surface area contributed by atoms with Crippen molar-refractivity contribution in [1.29, 1.82) is 0 Å². The Morgan fingerprint density at radius 3 is 2.33 bits per heavy atom. The van der Waals surface area contributed by atoms with Crippen LogP contribution in [0.4, 0.5) is 0 Å². The number of carboxylic acids is 2. The molecule has 2 aromatic rings. The summed E-state index contributed by atoms with van der Waals surface area (Å²) in [6, 6.07) is 11.6. The van der Waals surface area contributed by atoms with E-state index in [2.05, 4.69) is 11.8 Å². The SMILES string of the molecule is CSc1ccc(OCC#Cc2ccc(CC[C@@](C)(N)CO)o2)cc1.O=C(O)C(=O)O. The van der Waals surface area contributed by atoms with E-state index in [0.29, 0.717) is 25.2 Å². The summed E-state index contributed by atoms with van der Waals surface area (Å²) < 4.78 is 11.2. The van der Waals surface area contributed by atoms with E-state index in [1.54, 1.807) is 11.8 Å². The van der Waals surface area contributed by atoms with E-state index in [-0.39, 0.29) is 6.61 Å². The monoisotopic (exact) mass is 435 g/mol. The van der Waals surface area contributed by atoms with E-state index in [0.717, 1.165) is 11.5 Å². The van der Waals surface area contributed by atoms with E-state index in [1.165, 1.54) is 4.90 Å².